The molecule has 2 saturated heterocycles. The second-order valence-electron chi connectivity index (χ2n) is 5.65. The minimum atomic E-state index is -3.96. The van der Waals surface area contributed by atoms with Gasteiger partial charge in [0.25, 0.3) is 0 Å². The maximum Gasteiger partial charge on any atom is 0.356 e. The summed E-state index contributed by atoms with van der Waals surface area (Å²) in [5.74, 6) is -2.87. The van der Waals surface area contributed by atoms with E-state index in [1.807, 2.05) is 0 Å². The Morgan fingerprint density at radius 3 is 2.65 bits per heavy atom. The average molecular weight is 409 g/mol. The van der Waals surface area contributed by atoms with Gasteiger partial charge < -0.3 is 9.29 Å². The third-order valence-corrected chi connectivity index (χ3v) is 5.28. The molecule has 3 aliphatic rings. The number of aliphatic carboxylic acids is 1. The van der Waals surface area contributed by atoms with Gasteiger partial charge in [-0.2, -0.15) is 8.42 Å². The number of rotatable bonds is 5. The number of hydrogen-bond acceptors (Lipinski definition) is 7. The summed E-state index contributed by atoms with van der Waals surface area (Å²) in [6.45, 7) is 0. The Hall–Kier alpha value is -1.46. The van der Waals surface area contributed by atoms with Gasteiger partial charge in [0.1, 0.15) is 6.04 Å². The van der Waals surface area contributed by atoms with Crippen molar-refractivity contribution < 1.29 is 32.1 Å². The van der Waals surface area contributed by atoms with E-state index >= 15 is 0 Å². The molecule has 0 aromatic rings. The number of nitrogens with zero attached hydrogens (tertiary/aromatic N) is 1. The van der Waals surface area contributed by atoms with Gasteiger partial charge in [0.05, 0.1) is 23.7 Å². The van der Waals surface area contributed by atoms with E-state index < -0.39 is 51.7 Å². The third kappa shape index (κ3) is 2.46. The van der Waals surface area contributed by atoms with Crippen LogP contribution in [0.4, 0.5) is 0 Å². The van der Waals surface area contributed by atoms with E-state index in [4.69, 9.17) is 4.18 Å². The Morgan fingerprint density at radius 2 is 2.13 bits per heavy atom. The standard InChI is InChI=1S/C12H13BrN2O7S/c1-23(20,21)22-6-2-4-7(5(16)3-13)14-8-9(4)15(11(8)17)10(6)12(18)19/h4,7-9,14H,2-3H2,1H3,(H,18,19)/t4?,7-,8+,9-/m1/s1. The van der Waals surface area contributed by atoms with E-state index in [0.29, 0.717) is 0 Å². The molecule has 23 heavy (non-hydrogen) atoms. The summed E-state index contributed by atoms with van der Waals surface area (Å²) in [6, 6.07) is -1.76. The second kappa shape index (κ2) is 5.28. The van der Waals surface area contributed by atoms with Crippen LogP contribution in [0, 0.1) is 5.92 Å². The van der Waals surface area contributed by atoms with Crippen molar-refractivity contribution in [3.63, 3.8) is 0 Å². The molecule has 2 fully saturated rings. The minimum Gasteiger partial charge on any atom is -0.476 e. The fraction of sp³-hybridized carbons (Fsp3) is 0.583. The maximum absolute atomic E-state index is 12.2. The summed E-state index contributed by atoms with van der Waals surface area (Å²) in [7, 11) is -3.96. The van der Waals surface area contributed by atoms with Crippen LogP contribution in [-0.4, -0.2) is 65.8 Å². The van der Waals surface area contributed by atoms with E-state index in [9.17, 15) is 27.9 Å². The molecule has 3 heterocycles. The van der Waals surface area contributed by atoms with Gasteiger partial charge in [0, 0.05) is 12.3 Å². The highest BCUT2D eigenvalue weighted by molar-refractivity contribution is 9.09. The zero-order valence-corrected chi connectivity index (χ0v) is 14.3. The molecule has 1 amide bonds. The van der Waals surface area contributed by atoms with Gasteiger partial charge >= 0.3 is 16.1 Å². The first kappa shape index (κ1) is 16.4. The molecule has 0 aliphatic carbocycles. The molecule has 0 aromatic heterocycles. The van der Waals surface area contributed by atoms with Gasteiger partial charge in [-0.05, 0) is 0 Å². The van der Waals surface area contributed by atoms with Crippen LogP contribution in [0.3, 0.4) is 0 Å². The summed E-state index contributed by atoms with van der Waals surface area (Å²) in [5.41, 5.74) is -0.466. The molecular formula is C12H13BrN2O7S. The van der Waals surface area contributed by atoms with E-state index in [0.717, 1.165) is 11.2 Å². The monoisotopic (exact) mass is 408 g/mol. The van der Waals surface area contributed by atoms with Crippen molar-refractivity contribution >= 4 is 43.7 Å². The van der Waals surface area contributed by atoms with Crippen LogP contribution in [0.2, 0.25) is 0 Å². The van der Waals surface area contributed by atoms with Gasteiger partial charge in [-0.3, -0.25) is 19.8 Å². The van der Waals surface area contributed by atoms with Crippen LogP contribution in [0.15, 0.2) is 11.5 Å². The molecule has 0 bridgehead atoms. The van der Waals surface area contributed by atoms with E-state index in [-0.39, 0.29) is 23.3 Å². The number of halogens is 1. The third-order valence-electron chi connectivity index (χ3n) is 4.23. The highest BCUT2D eigenvalue weighted by Crippen LogP contribution is 2.46. The number of carbonyl (C=O) groups is 3. The fourth-order valence-electron chi connectivity index (χ4n) is 3.47. The van der Waals surface area contributed by atoms with Crippen molar-refractivity contribution in [3.8, 4) is 0 Å². The van der Waals surface area contributed by atoms with Crippen LogP contribution in [-0.2, 0) is 28.7 Å². The quantitative estimate of drug-likeness (QED) is 0.329. The molecular weight excluding hydrogens is 396 g/mol. The molecule has 11 heteroatoms. The molecule has 0 spiro atoms. The first-order valence-corrected chi connectivity index (χ1v) is 9.63. The van der Waals surface area contributed by atoms with Crippen molar-refractivity contribution in [1.29, 1.82) is 0 Å². The molecule has 0 aromatic carbocycles. The molecule has 4 atom stereocenters. The molecule has 2 N–H and O–H groups in total. The topological polar surface area (TPSA) is 130 Å². The number of carboxylic acid groups (broad SMARTS) is 1. The first-order valence-electron chi connectivity index (χ1n) is 6.69. The highest BCUT2D eigenvalue weighted by Gasteiger charge is 2.64. The molecule has 1 unspecified atom stereocenters. The Kier molecular flexibility index (Phi) is 3.76. The maximum atomic E-state index is 12.2. The average Bonchev–Trinajstić information content (AvgIpc) is 2.79. The van der Waals surface area contributed by atoms with Crippen molar-refractivity contribution in [2.24, 2.45) is 5.92 Å². The van der Waals surface area contributed by atoms with E-state index in [2.05, 4.69) is 21.2 Å². The molecule has 126 valence electrons. The Morgan fingerprint density at radius 1 is 1.48 bits per heavy atom. The zero-order valence-electron chi connectivity index (χ0n) is 11.9. The number of Topliss-reactive ketones (excluding diaryl/α,β-unsaturated/α-hetero) is 1. The van der Waals surface area contributed by atoms with E-state index in [1.165, 1.54) is 0 Å². The highest BCUT2D eigenvalue weighted by atomic mass is 79.9. The summed E-state index contributed by atoms with van der Waals surface area (Å²) in [6.07, 6.45) is 0.746. The Labute approximate surface area is 139 Å². The molecule has 3 aliphatic heterocycles. The van der Waals surface area contributed by atoms with Crippen LogP contribution in [0.5, 0.6) is 0 Å². The van der Waals surface area contributed by atoms with Crippen LogP contribution in [0.25, 0.3) is 0 Å². The normalized spacial score (nSPS) is 32.4. The fourth-order valence-corrected chi connectivity index (χ4v) is 4.33. The van der Waals surface area contributed by atoms with Crippen molar-refractivity contribution in [2.75, 3.05) is 11.6 Å². The van der Waals surface area contributed by atoms with Gasteiger partial charge in [0.15, 0.2) is 17.2 Å². The summed E-state index contributed by atoms with van der Waals surface area (Å²) >= 11 is 3.07. The predicted molar refractivity (Wildman–Crippen MR) is 78.8 cm³/mol. The van der Waals surface area contributed by atoms with Crippen molar-refractivity contribution in [2.45, 2.75) is 24.5 Å². The predicted octanol–water partition coefficient (Wildman–Crippen LogP) is -1.21. The largest absolute Gasteiger partial charge is 0.476 e. The Balaban J connectivity index is 2.05. The lowest BCUT2D eigenvalue weighted by Gasteiger charge is -2.48. The van der Waals surface area contributed by atoms with E-state index in [1.54, 1.807) is 0 Å². The van der Waals surface area contributed by atoms with Gasteiger partial charge in [-0.15, -0.1) is 0 Å². The van der Waals surface area contributed by atoms with Gasteiger partial charge in [0.2, 0.25) is 5.91 Å². The number of hydrogen-bond donors (Lipinski definition) is 2. The lowest BCUT2D eigenvalue weighted by atomic mass is 9.78. The number of carboxylic acids is 1. The van der Waals surface area contributed by atoms with Crippen LogP contribution in [0.1, 0.15) is 6.42 Å². The summed E-state index contributed by atoms with van der Waals surface area (Å²) in [4.78, 5) is 36.7. The number of β-lactam (4-membered cyclic amide) rings is 1. The summed E-state index contributed by atoms with van der Waals surface area (Å²) in [5, 5.41) is 12.3. The van der Waals surface area contributed by atoms with Gasteiger partial charge in [-0.1, -0.05) is 15.9 Å². The number of nitrogens with one attached hydrogen (secondary N) is 1. The number of alkyl halides is 1. The lowest BCUT2D eigenvalue weighted by Crippen LogP contribution is -2.68. The van der Waals surface area contributed by atoms with Crippen molar-refractivity contribution in [3.05, 3.63) is 11.5 Å². The SMILES string of the molecule is CS(=O)(=O)OC1=C(C(=O)O)N2C(=O)[C@H]3N[C@@H](C(=O)CBr)C(C1)[C@H]32. The van der Waals surface area contributed by atoms with Crippen LogP contribution >= 0.6 is 15.9 Å². The number of amides is 1. The van der Waals surface area contributed by atoms with Crippen molar-refractivity contribution in [1.82, 2.24) is 10.2 Å². The Bertz CT molecular complexity index is 747. The molecule has 3 rings (SSSR count). The number of ketones is 1. The molecule has 0 radical (unpaired) electrons. The van der Waals surface area contributed by atoms with Gasteiger partial charge in [-0.25, -0.2) is 4.79 Å². The first-order chi connectivity index (χ1) is 10.7. The number of allylic oxidation sites excluding steroid dienone is 1. The van der Waals surface area contributed by atoms with Crippen LogP contribution < -0.4 is 5.32 Å². The zero-order chi connectivity index (χ0) is 17.1. The summed E-state index contributed by atoms with van der Waals surface area (Å²) < 4.78 is 27.6. The number of carbonyl (C=O) groups excluding carboxylic acids is 2. The smallest absolute Gasteiger partial charge is 0.356 e. The second-order valence-corrected chi connectivity index (χ2v) is 7.79. The molecule has 9 nitrogen and oxygen atoms in total. The lowest BCUT2D eigenvalue weighted by molar-refractivity contribution is -0.154. The molecule has 0 saturated carbocycles. The minimum absolute atomic E-state index is 0.0456.